The van der Waals surface area contributed by atoms with Gasteiger partial charge in [-0.1, -0.05) is 45.0 Å². The van der Waals surface area contributed by atoms with Crippen LogP contribution in [0, 0.1) is 5.21 Å². The van der Waals surface area contributed by atoms with E-state index in [4.69, 9.17) is 5.11 Å². The van der Waals surface area contributed by atoms with Gasteiger partial charge >= 0.3 is 5.97 Å². The molecule has 1 heterocycles. The van der Waals surface area contributed by atoms with Crippen molar-refractivity contribution in [3.05, 3.63) is 75.3 Å². The van der Waals surface area contributed by atoms with Crippen LogP contribution >= 0.6 is 11.3 Å². The monoisotopic (exact) mass is 485 g/mol. The molecule has 0 spiro atoms. The van der Waals surface area contributed by atoms with Crippen molar-refractivity contribution in [3.8, 4) is 16.2 Å². The summed E-state index contributed by atoms with van der Waals surface area (Å²) in [5, 5.41) is 36.8. The lowest BCUT2D eigenvalue weighted by atomic mass is 9.86. The van der Waals surface area contributed by atoms with Gasteiger partial charge in [0.15, 0.2) is 0 Å². The molecule has 3 aromatic rings. The van der Waals surface area contributed by atoms with Gasteiger partial charge in [-0.25, -0.2) is 10.2 Å². The molecular weight excluding hydrogens is 458 g/mol. The fraction of sp³-hybridized carbons (Fsp3) is 0.208. The van der Waals surface area contributed by atoms with Crippen molar-refractivity contribution in [2.24, 2.45) is 5.10 Å². The van der Waals surface area contributed by atoms with E-state index >= 15 is 0 Å². The van der Waals surface area contributed by atoms with Gasteiger partial charge in [0, 0.05) is 17.0 Å². The molecule has 0 unspecified atom stereocenters. The molecule has 0 radical (unpaired) electrons. The lowest BCUT2D eigenvalue weighted by molar-refractivity contribution is -0.497. The van der Waals surface area contributed by atoms with E-state index in [0.717, 1.165) is 5.56 Å². The van der Waals surface area contributed by atoms with E-state index in [2.05, 4.69) is 31.3 Å². The van der Waals surface area contributed by atoms with Gasteiger partial charge < -0.3 is 26.4 Å². The highest BCUT2D eigenvalue weighted by Crippen LogP contribution is 2.39. The minimum atomic E-state index is -1.25. The maximum atomic E-state index is 12.4. The van der Waals surface area contributed by atoms with Crippen LogP contribution in [-0.4, -0.2) is 33.3 Å². The van der Waals surface area contributed by atoms with Crippen molar-refractivity contribution in [1.29, 1.82) is 0 Å². The minimum absolute atomic E-state index is 0. The number of hydrazone groups is 1. The van der Waals surface area contributed by atoms with Crippen molar-refractivity contribution in [2.45, 2.75) is 33.1 Å². The SMILES string of the molecule is C/C(=N\NC(=O)c1ccc(C(=O)O)c([NH2+][O-])c1)c1csc(-c2ccc(C(C)(C)C)cc2)c1O.O. The Morgan fingerprint density at radius 3 is 2.29 bits per heavy atom. The lowest BCUT2D eigenvalue weighted by Gasteiger charge is -2.19. The molecule has 0 aliphatic rings. The van der Waals surface area contributed by atoms with Crippen molar-refractivity contribution in [1.82, 2.24) is 5.43 Å². The number of rotatable bonds is 6. The smallest absolute Gasteiger partial charge is 0.341 e. The van der Waals surface area contributed by atoms with E-state index in [9.17, 15) is 19.9 Å². The fourth-order valence-corrected chi connectivity index (χ4v) is 4.20. The van der Waals surface area contributed by atoms with Gasteiger partial charge in [0.2, 0.25) is 0 Å². The second-order valence-electron chi connectivity index (χ2n) is 8.52. The second-order valence-corrected chi connectivity index (χ2v) is 9.40. The van der Waals surface area contributed by atoms with Crippen LogP contribution in [0.25, 0.3) is 10.4 Å². The van der Waals surface area contributed by atoms with Crippen molar-refractivity contribution in [2.75, 3.05) is 0 Å². The molecule has 180 valence electrons. The number of thiophene rings is 1. The van der Waals surface area contributed by atoms with E-state index in [1.807, 2.05) is 24.3 Å². The fourth-order valence-electron chi connectivity index (χ4n) is 3.19. The zero-order valence-electron chi connectivity index (χ0n) is 19.2. The Labute approximate surface area is 200 Å². The molecule has 0 fully saturated rings. The molecule has 1 amide bonds. The van der Waals surface area contributed by atoms with E-state index < -0.39 is 11.9 Å². The van der Waals surface area contributed by atoms with Gasteiger partial charge in [-0.3, -0.25) is 4.79 Å². The van der Waals surface area contributed by atoms with Crippen LogP contribution < -0.4 is 10.9 Å². The third-order valence-corrected chi connectivity index (χ3v) is 6.18. The number of carboxylic acid groups (broad SMARTS) is 1. The Balaban J connectivity index is 0.00000408. The number of quaternary nitrogens is 1. The van der Waals surface area contributed by atoms with Crippen molar-refractivity contribution < 1.29 is 30.8 Å². The van der Waals surface area contributed by atoms with Gasteiger partial charge in [-0.15, -0.1) is 11.3 Å². The first-order chi connectivity index (χ1) is 15.5. The highest BCUT2D eigenvalue weighted by Gasteiger charge is 2.18. The van der Waals surface area contributed by atoms with Crippen LogP contribution in [0.15, 0.2) is 52.9 Å². The number of carbonyl (C=O) groups excluding carboxylic acids is 1. The molecule has 1 aromatic heterocycles. The van der Waals surface area contributed by atoms with Gasteiger partial charge in [0.05, 0.1) is 16.2 Å². The number of carbonyl (C=O) groups is 2. The summed E-state index contributed by atoms with van der Waals surface area (Å²) in [5.41, 5.74) is 5.55. The molecule has 0 bridgehead atoms. The number of aromatic carboxylic acids is 1. The molecule has 0 aliphatic heterocycles. The van der Waals surface area contributed by atoms with Gasteiger partial charge in [-0.05, 0) is 35.6 Å². The highest BCUT2D eigenvalue weighted by molar-refractivity contribution is 7.14. The van der Waals surface area contributed by atoms with Crippen molar-refractivity contribution in [3.63, 3.8) is 0 Å². The van der Waals surface area contributed by atoms with Crippen molar-refractivity contribution >= 4 is 34.6 Å². The first-order valence-corrected chi connectivity index (χ1v) is 11.0. The first kappa shape index (κ1) is 26.7. The molecule has 0 saturated carbocycles. The highest BCUT2D eigenvalue weighted by atomic mass is 32.1. The molecule has 0 saturated heterocycles. The Morgan fingerprint density at radius 2 is 1.74 bits per heavy atom. The molecule has 10 heteroatoms. The number of aromatic hydroxyl groups is 1. The number of hydrogen-bond acceptors (Lipinski definition) is 6. The molecular formula is C24H27N3O6S. The molecule has 7 N–H and O–H groups in total. The predicted octanol–water partition coefficient (Wildman–Crippen LogP) is 3.14. The summed E-state index contributed by atoms with van der Waals surface area (Å²) in [6.07, 6.45) is 0. The summed E-state index contributed by atoms with van der Waals surface area (Å²) in [4.78, 5) is 24.2. The summed E-state index contributed by atoms with van der Waals surface area (Å²) >= 11 is 1.37. The number of carboxylic acids is 1. The summed E-state index contributed by atoms with van der Waals surface area (Å²) in [5.74, 6) is -1.79. The predicted molar refractivity (Wildman–Crippen MR) is 132 cm³/mol. The summed E-state index contributed by atoms with van der Waals surface area (Å²) in [7, 11) is 0. The largest absolute Gasteiger partial charge is 0.630 e. The normalized spacial score (nSPS) is 11.6. The van der Waals surface area contributed by atoms with Gasteiger partial charge in [0.25, 0.3) is 5.91 Å². The average Bonchev–Trinajstić information content (AvgIpc) is 3.17. The summed E-state index contributed by atoms with van der Waals surface area (Å²) in [6.45, 7) is 8.06. The molecule has 2 aromatic carbocycles. The molecule has 3 rings (SSSR count). The topological polar surface area (TPSA) is 170 Å². The van der Waals surface area contributed by atoms with Crippen LogP contribution in [0.1, 0.15) is 59.5 Å². The maximum absolute atomic E-state index is 12.4. The molecule has 0 aliphatic carbocycles. The average molecular weight is 486 g/mol. The zero-order chi connectivity index (χ0) is 24.3. The van der Waals surface area contributed by atoms with E-state index in [1.54, 1.807) is 12.3 Å². The Hall–Kier alpha value is -3.57. The van der Waals surface area contributed by atoms with Crippen LogP contribution in [0.4, 0.5) is 5.69 Å². The number of nitrogens with zero attached hydrogens (tertiary/aromatic N) is 1. The summed E-state index contributed by atoms with van der Waals surface area (Å²) < 4.78 is 0. The Bertz CT molecular complexity index is 1230. The van der Waals surface area contributed by atoms with Gasteiger partial charge in [0.1, 0.15) is 17.0 Å². The van der Waals surface area contributed by atoms with Crippen LogP contribution in [0.2, 0.25) is 0 Å². The second kappa shape index (κ2) is 10.6. The van der Waals surface area contributed by atoms with Crippen LogP contribution in [0.5, 0.6) is 5.75 Å². The number of nitrogens with one attached hydrogen (secondary N) is 1. The number of hydrogen-bond donors (Lipinski definition) is 4. The van der Waals surface area contributed by atoms with E-state index in [-0.39, 0.29) is 33.5 Å². The number of amides is 1. The third-order valence-electron chi connectivity index (χ3n) is 5.16. The number of nitrogens with two attached hydrogens (primary N) is 1. The minimum Gasteiger partial charge on any atom is -0.630 e. The quantitative estimate of drug-likeness (QED) is 0.238. The van der Waals surface area contributed by atoms with Gasteiger partial charge in [-0.2, -0.15) is 5.10 Å². The van der Waals surface area contributed by atoms with Crippen LogP contribution in [0.3, 0.4) is 0 Å². The Kier molecular flexibility index (Phi) is 8.30. The maximum Gasteiger partial charge on any atom is 0.341 e. The lowest BCUT2D eigenvalue weighted by Crippen LogP contribution is -2.70. The first-order valence-electron chi connectivity index (χ1n) is 10.1. The standard InChI is InChI=1S/C24H25N3O5S.H2O/c1-13(25-26-22(29)15-7-10-17(23(30)31)19(11-15)27-32)18-12-33-21(20(18)28)14-5-8-16(9-6-14)24(2,3)4;/h5-12,28H,27H2,1-4H3,(H,26,29)(H,30,31);1H2/b25-13+;. The molecule has 0 atom stereocenters. The van der Waals surface area contributed by atoms with E-state index in [0.29, 0.717) is 21.6 Å². The van der Waals surface area contributed by atoms with E-state index in [1.165, 1.54) is 35.1 Å². The Morgan fingerprint density at radius 1 is 1.09 bits per heavy atom. The number of benzene rings is 2. The third kappa shape index (κ3) is 5.67. The molecule has 34 heavy (non-hydrogen) atoms. The van der Waals surface area contributed by atoms with Crippen LogP contribution in [-0.2, 0) is 5.41 Å². The summed E-state index contributed by atoms with van der Waals surface area (Å²) in [6, 6.07) is 11.7. The zero-order valence-corrected chi connectivity index (χ0v) is 20.0. The molecule has 9 nitrogen and oxygen atoms in total.